The van der Waals surface area contributed by atoms with Crippen LogP contribution < -0.4 is 5.73 Å². The molecule has 0 amide bonds. The second-order valence-electron chi connectivity index (χ2n) is 4.10. The zero-order valence-electron chi connectivity index (χ0n) is 8.95. The van der Waals surface area contributed by atoms with E-state index in [9.17, 15) is 0 Å². The van der Waals surface area contributed by atoms with Gasteiger partial charge < -0.3 is 10.5 Å². The maximum atomic E-state index is 5.85. The molecule has 1 aromatic heterocycles. The number of rotatable bonds is 3. The molecule has 0 aromatic carbocycles. The highest BCUT2D eigenvalue weighted by atomic mass is 32.1. The molecule has 1 aliphatic rings. The van der Waals surface area contributed by atoms with E-state index in [2.05, 4.69) is 4.98 Å². The van der Waals surface area contributed by atoms with Gasteiger partial charge in [0, 0.05) is 5.38 Å². The molecule has 1 saturated carbocycles. The van der Waals surface area contributed by atoms with Gasteiger partial charge in [-0.25, -0.2) is 4.98 Å². The van der Waals surface area contributed by atoms with Crippen molar-refractivity contribution in [2.24, 2.45) is 0 Å². The minimum atomic E-state index is 0.440. The van der Waals surface area contributed by atoms with Crippen LogP contribution in [0, 0.1) is 0 Å². The molecule has 4 heteroatoms. The Labute approximate surface area is 94.7 Å². The summed E-state index contributed by atoms with van der Waals surface area (Å²) in [5, 5.41) is 2.61. The minimum Gasteiger partial charge on any atom is -0.375 e. The summed E-state index contributed by atoms with van der Waals surface area (Å²) in [6, 6.07) is 0. The Hall–Kier alpha value is -0.610. The highest BCUT2D eigenvalue weighted by molar-refractivity contribution is 7.13. The maximum absolute atomic E-state index is 5.85. The van der Waals surface area contributed by atoms with Crippen LogP contribution in [0.3, 0.4) is 0 Å². The first-order chi connectivity index (χ1) is 7.34. The van der Waals surface area contributed by atoms with Crippen molar-refractivity contribution in [3.05, 3.63) is 11.1 Å². The van der Waals surface area contributed by atoms with Crippen LogP contribution in [0.4, 0.5) is 5.13 Å². The van der Waals surface area contributed by atoms with Crippen LogP contribution in [0.2, 0.25) is 0 Å². The van der Waals surface area contributed by atoms with E-state index in [4.69, 9.17) is 10.5 Å². The molecule has 3 nitrogen and oxygen atoms in total. The number of hydrogen-bond acceptors (Lipinski definition) is 4. The average molecular weight is 226 g/mol. The predicted octanol–water partition coefficient (Wildman–Crippen LogP) is 2.96. The van der Waals surface area contributed by atoms with E-state index in [0.717, 1.165) is 5.69 Å². The molecule has 0 atom stereocenters. The van der Waals surface area contributed by atoms with Crippen molar-refractivity contribution in [2.45, 2.75) is 51.2 Å². The van der Waals surface area contributed by atoms with Crippen LogP contribution in [0.5, 0.6) is 0 Å². The Morgan fingerprint density at radius 3 is 2.67 bits per heavy atom. The minimum absolute atomic E-state index is 0.440. The lowest BCUT2D eigenvalue weighted by Crippen LogP contribution is -2.11. The average Bonchev–Trinajstić information content (AvgIpc) is 2.52. The molecule has 1 heterocycles. The van der Waals surface area contributed by atoms with Gasteiger partial charge in [-0.1, -0.05) is 25.7 Å². The molecule has 15 heavy (non-hydrogen) atoms. The molecule has 0 saturated heterocycles. The van der Waals surface area contributed by atoms with Gasteiger partial charge in [-0.3, -0.25) is 0 Å². The summed E-state index contributed by atoms with van der Waals surface area (Å²) < 4.78 is 5.85. The number of nitrogen functional groups attached to an aromatic ring is 1. The van der Waals surface area contributed by atoms with Gasteiger partial charge in [-0.2, -0.15) is 0 Å². The molecule has 2 N–H and O–H groups in total. The SMILES string of the molecule is Nc1nc(COC2CCCCCC2)cs1. The van der Waals surface area contributed by atoms with Gasteiger partial charge in [-0.05, 0) is 12.8 Å². The van der Waals surface area contributed by atoms with Crippen molar-refractivity contribution in [1.29, 1.82) is 0 Å². The van der Waals surface area contributed by atoms with Gasteiger partial charge >= 0.3 is 0 Å². The number of thiazole rings is 1. The second kappa shape index (κ2) is 5.47. The van der Waals surface area contributed by atoms with E-state index in [0.29, 0.717) is 17.8 Å². The van der Waals surface area contributed by atoms with Gasteiger partial charge in [0.15, 0.2) is 5.13 Å². The highest BCUT2D eigenvalue weighted by Crippen LogP contribution is 2.21. The normalized spacial score (nSPS) is 18.9. The Morgan fingerprint density at radius 1 is 1.33 bits per heavy atom. The van der Waals surface area contributed by atoms with Gasteiger partial charge in [0.1, 0.15) is 0 Å². The summed E-state index contributed by atoms with van der Waals surface area (Å²) in [7, 11) is 0. The Kier molecular flexibility index (Phi) is 3.97. The van der Waals surface area contributed by atoms with Crippen LogP contribution in [-0.4, -0.2) is 11.1 Å². The van der Waals surface area contributed by atoms with Crippen molar-refractivity contribution in [1.82, 2.24) is 4.98 Å². The lowest BCUT2D eigenvalue weighted by atomic mass is 10.1. The highest BCUT2D eigenvalue weighted by Gasteiger charge is 2.12. The molecule has 0 unspecified atom stereocenters. The van der Waals surface area contributed by atoms with Gasteiger partial charge in [0.25, 0.3) is 0 Å². The van der Waals surface area contributed by atoms with Crippen LogP contribution in [0.1, 0.15) is 44.2 Å². The van der Waals surface area contributed by atoms with Crippen molar-refractivity contribution in [2.75, 3.05) is 5.73 Å². The van der Waals surface area contributed by atoms with Crippen molar-refractivity contribution < 1.29 is 4.74 Å². The molecule has 2 rings (SSSR count). The van der Waals surface area contributed by atoms with Crippen LogP contribution in [0.15, 0.2) is 5.38 Å². The lowest BCUT2D eigenvalue weighted by Gasteiger charge is -2.13. The lowest BCUT2D eigenvalue weighted by molar-refractivity contribution is 0.0295. The molecule has 0 aliphatic heterocycles. The second-order valence-corrected chi connectivity index (χ2v) is 4.99. The largest absolute Gasteiger partial charge is 0.375 e. The van der Waals surface area contributed by atoms with Crippen LogP contribution in [0.25, 0.3) is 0 Å². The van der Waals surface area contributed by atoms with Crippen molar-refractivity contribution in [3.8, 4) is 0 Å². The summed E-state index contributed by atoms with van der Waals surface area (Å²) in [4.78, 5) is 4.19. The predicted molar refractivity (Wildman–Crippen MR) is 62.8 cm³/mol. The van der Waals surface area contributed by atoms with E-state index in [1.54, 1.807) is 0 Å². The first-order valence-corrected chi connectivity index (χ1v) is 6.54. The summed E-state index contributed by atoms with van der Waals surface area (Å²) in [5.41, 5.74) is 6.54. The Balaban J connectivity index is 1.76. The maximum Gasteiger partial charge on any atom is 0.180 e. The van der Waals surface area contributed by atoms with Gasteiger partial charge in [0.2, 0.25) is 0 Å². The smallest absolute Gasteiger partial charge is 0.180 e. The topological polar surface area (TPSA) is 48.1 Å². The molecule has 1 aliphatic carbocycles. The van der Waals surface area contributed by atoms with Crippen LogP contribution >= 0.6 is 11.3 Å². The molecule has 0 radical (unpaired) electrons. The molecule has 1 aromatic rings. The first kappa shape index (κ1) is 10.9. The Bertz CT molecular complexity index is 293. The third kappa shape index (κ3) is 3.47. The summed E-state index contributed by atoms with van der Waals surface area (Å²) in [5.74, 6) is 0. The van der Waals surface area contributed by atoms with E-state index in [-0.39, 0.29) is 0 Å². The fraction of sp³-hybridized carbons (Fsp3) is 0.727. The molecular formula is C11H18N2OS. The zero-order chi connectivity index (χ0) is 10.5. The van der Waals surface area contributed by atoms with Crippen molar-refractivity contribution >= 4 is 16.5 Å². The number of aromatic nitrogens is 1. The third-order valence-corrected chi connectivity index (χ3v) is 3.56. The molecular weight excluding hydrogens is 208 g/mol. The summed E-state index contributed by atoms with van der Waals surface area (Å²) >= 11 is 1.48. The molecule has 0 bridgehead atoms. The van der Waals surface area contributed by atoms with Crippen LogP contribution in [-0.2, 0) is 11.3 Å². The molecule has 84 valence electrons. The zero-order valence-corrected chi connectivity index (χ0v) is 9.76. The van der Waals surface area contributed by atoms with Gasteiger partial charge in [-0.15, -0.1) is 11.3 Å². The van der Waals surface area contributed by atoms with Crippen molar-refractivity contribution in [3.63, 3.8) is 0 Å². The van der Waals surface area contributed by atoms with E-state index in [1.807, 2.05) is 5.38 Å². The third-order valence-electron chi connectivity index (χ3n) is 2.84. The molecule has 0 spiro atoms. The fourth-order valence-electron chi connectivity index (χ4n) is 2.00. The standard InChI is InChI=1S/C11H18N2OS/c12-11-13-9(8-15-11)7-14-10-5-3-1-2-4-6-10/h8,10H,1-7H2,(H2,12,13). The Morgan fingerprint density at radius 2 is 2.07 bits per heavy atom. The number of ether oxygens (including phenoxy) is 1. The summed E-state index contributed by atoms with van der Waals surface area (Å²) in [6.45, 7) is 0.623. The number of hydrogen-bond donors (Lipinski definition) is 1. The van der Waals surface area contributed by atoms with E-state index in [1.165, 1.54) is 49.9 Å². The number of nitrogens with two attached hydrogens (primary N) is 1. The summed E-state index contributed by atoms with van der Waals surface area (Å²) in [6.07, 6.45) is 8.20. The number of anilines is 1. The van der Waals surface area contributed by atoms with E-state index < -0.39 is 0 Å². The van der Waals surface area contributed by atoms with E-state index >= 15 is 0 Å². The fourth-order valence-corrected chi connectivity index (χ4v) is 2.55. The molecule has 1 fully saturated rings. The van der Waals surface area contributed by atoms with Gasteiger partial charge in [0.05, 0.1) is 18.4 Å². The first-order valence-electron chi connectivity index (χ1n) is 5.66. The monoisotopic (exact) mass is 226 g/mol. The number of nitrogens with zero attached hydrogens (tertiary/aromatic N) is 1. The quantitative estimate of drug-likeness (QED) is 0.806.